The first-order chi connectivity index (χ1) is 16.9. The van der Waals surface area contributed by atoms with Crippen molar-refractivity contribution in [1.82, 2.24) is 20.4 Å². The van der Waals surface area contributed by atoms with Gasteiger partial charge in [-0.25, -0.2) is 4.79 Å². The molecule has 35 heavy (non-hydrogen) atoms. The third-order valence-electron chi connectivity index (χ3n) is 7.01. The van der Waals surface area contributed by atoms with Crippen molar-refractivity contribution in [1.29, 1.82) is 0 Å². The maximum absolute atomic E-state index is 13.0. The van der Waals surface area contributed by atoms with Crippen LogP contribution in [0.3, 0.4) is 0 Å². The predicted molar refractivity (Wildman–Crippen MR) is 129 cm³/mol. The van der Waals surface area contributed by atoms with Gasteiger partial charge in [-0.2, -0.15) is 5.10 Å². The number of carbonyl (C=O) groups is 3. The molecule has 2 aliphatic rings. The summed E-state index contributed by atoms with van der Waals surface area (Å²) in [6, 6.07) is 6.47. The molecule has 1 aromatic carbocycles. The third kappa shape index (κ3) is 5.40. The average Bonchev–Trinajstić information content (AvgIpc) is 3.15. The second kappa shape index (κ2) is 10.6. The van der Waals surface area contributed by atoms with E-state index in [1.807, 2.05) is 13.8 Å². The Bertz CT molecular complexity index is 1100. The molecule has 9 nitrogen and oxygen atoms in total. The van der Waals surface area contributed by atoms with Gasteiger partial charge < -0.3 is 20.1 Å². The first-order valence-corrected chi connectivity index (χ1v) is 12.3. The molecule has 188 valence electrons. The van der Waals surface area contributed by atoms with E-state index in [9.17, 15) is 14.4 Å². The quantitative estimate of drug-likeness (QED) is 0.586. The van der Waals surface area contributed by atoms with Gasteiger partial charge in [-0.1, -0.05) is 13.0 Å². The Balaban J connectivity index is 1.47. The Morgan fingerprint density at radius 1 is 1.29 bits per heavy atom. The molecule has 1 atom stereocenters. The van der Waals surface area contributed by atoms with Crippen molar-refractivity contribution in [2.75, 3.05) is 33.4 Å². The minimum absolute atomic E-state index is 0.00216. The molecule has 2 N–H and O–H groups in total. The van der Waals surface area contributed by atoms with Crippen molar-refractivity contribution in [2.45, 2.75) is 46.1 Å². The molecule has 9 heteroatoms. The highest BCUT2D eigenvalue weighted by Gasteiger charge is 2.39. The molecule has 3 heterocycles. The number of aryl methyl sites for hydroxylation is 1. The first-order valence-electron chi connectivity index (χ1n) is 12.3. The molecule has 1 aromatic heterocycles. The fraction of sp³-hybridized carbons (Fsp3) is 0.538. The van der Waals surface area contributed by atoms with Gasteiger partial charge in [0, 0.05) is 44.5 Å². The summed E-state index contributed by atoms with van der Waals surface area (Å²) in [5.41, 5.74) is 3.29. The van der Waals surface area contributed by atoms with Crippen LogP contribution in [0, 0.1) is 11.3 Å². The first kappa shape index (κ1) is 24.9. The lowest BCUT2D eigenvalue weighted by molar-refractivity contribution is 0.0160. The highest BCUT2D eigenvalue weighted by Crippen LogP contribution is 2.38. The van der Waals surface area contributed by atoms with Crippen LogP contribution >= 0.6 is 0 Å². The summed E-state index contributed by atoms with van der Waals surface area (Å²) in [7, 11) is 1.54. The maximum atomic E-state index is 13.0. The minimum Gasteiger partial charge on any atom is -0.462 e. The molecular formula is C26H34N4O5. The lowest BCUT2D eigenvalue weighted by Gasteiger charge is -2.36. The monoisotopic (exact) mass is 482 g/mol. The second-order valence-corrected chi connectivity index (χ2v) is 9.63. The highest BCUT2D eigenvalue weighted by atomic mass is 16.5. The van der Waals surface area contributed by atoms with Crippen LogP contribution in [0.15, 0.2) is 24.3 Å². The van der Waals surface area contributed by atoms with Crippen LogP contribution in [0.4, 0.5) is 0 Å². The summed E-state index contributed by atoms with van der Waals surface area (Å²) >= 11 is 0. The van der Waals surface area contributed by atoms with Crippen molar-refractivity contribution in [3.8, 4) is 0 Å². The van der Waals surface area contributed by atoms with Gasteiger partial charge in [-0.15, -0.1) is 0 Å². The number of fused-ring (bicyclic) bond motifs is 1. The van der Waals surface area contributed by atoms with E-state index in [1.54, 1.807) is 29.9 Å². The van der Waals surface area contributed by atoms with E-state index in [1.165, 1.54) is 6.07 Å². The standard InChI is InChI=1S/C26H34N4O5/c1-4-30-22-20(14-26(16-28-24(22)32)8-10-34-11-9-26)21(29-30)12-17(2)15-35-25(33)19-7-5-6-18(13-19)23(31)27-3/h5-7,13,17H,4,8-12,14-16H2,1-3H3,(H,27,31)(H,28,32)/t17-/m1/s1. The molecule has 4 rings (SSSR count). The van der Waals surface area contributed by atoms with Crippen LogP contribution in [0.25, 0.3) is 0 Å². The number of esters is 1. The van der Waals surface area contributed by atoms with Gasteiger partial charge in [0.15, 0.2) is 0 Å². The van der Waals surface area contributed by atoms with Crippen LogP contribution in [0.5, 0.6) is 0 Å². The fourth-order valence-electron chi connectivity index (χ4n) is 4.95. The van der Waals surface area contributed by atoms with E-state index in [0.717, 1.165) is 30.5 Å². The molecule has 0 saturated carbocycles. The molecule has 2 amide bonds. The summed E-state index contributed by atoms with van der Waals surface area (Å²) in [5.74, 6) is -0.797. The van der Waals surface area contributed by atoms with Crippen LogP contribution in [0.2, 0.25) is 0 Å². The molecule has 0 radical (unpaired) electrons. The zero-order valence-electron chi connectivity index (χ0n) is 20.7. The largest absolute Gasteiger partial charge is 0.462 e. The molecule has 2 aliphatic heterocycles. The van der Waals surface area contributed by atoms with Crippen molar-refractivity contribution in [3.05, 3.63) is 52.3 Å². The highest BCUT2D eigenvalue weighted by molar-refractivity contribution is 5.97. The number of aromatic nitrogens is 2. The number of nitrogens with one attached hydrogen (secondary N) is 2. The fourth-order valence-corrected chi connectivity index (χ4v) is 4.95. The van der Waals surface area contributed by atoms with Crippen LogP contribution in [-0.2, 0) is 28.9 Å². The smallest absolute Gasteiger partial charge is 0.338 e. The summed E-state index contributed by atoms with van der Waals surface area (Å²) in [5, 5.41) is 10.5. The van der Waals surface area contributed by atoms with Gasteiger partial charge in [0.25, 0.3) is 11.8 Å². The summed E-state index contributed by atoms with van der Waals surface area (Å²) in [6.07, 6.45) is 3.21. The Kier molecular flexibility index (Phi) is 7.54. The van der Waals surface area contributed by atoms with Crippen LogP contribution in [0.1, 0.15) is 69.2 Å². The topological polar surface area (TPSA) is 112 Å². The van der Waals surface area contributed by atoms with E-state index in [2.05, 4.69) is 10.6 Å². The summed E-state index contributed by atoms with van der Waals surface area (Å²) in [6.45, 7) is 6.87. The van der Waals surface area contributed by atoms with Crippen molar-refractivity contribution in [3.63, 3.8) is 0 Å². The van der Waals surface area contributed by atoms with E-state index in [4.69, 9.17) is 14.6 Å². The molecule has 1 saturated heterocycles. The SMILES string of the molecule is CCn1nc(C[C@@H](C)COC(=O)c2cccc(C(=O)NC)c2)c2c1C(=O)NCC1(CCOCC1)C2. The number of nitrogens with zero attached hydrogens (tertiary/aromatic N) is 2. The minimum atomic E-state index is -0.471. The Hall–Kier alpha value is -3.20. The number of ether oxygens (including phenoxy) is 2. The molecule has 1 spiro atoms. The summed E-state index contributed by atoms with van der Waals surface area (Å²) < 4.78 is 12.9. The predicted octanol–water partition coefficient (Wildman–Crippen LogP) is 2.38. The van der Waals surface area contributed by atoms with Gasteiger partial charge in [-0.3, -0.25) is 14.3 Å². The number of rotatable bonds is 7. The van der Waals surface area contributed by atoms with Crippen molar-refractivity contribution < 1.29 is 23.9 Å². The van der Waals surface area contributed by atoms with Gasteiger partial charge >= 0.3 is 5.97 Å². The lowest BCUT2D eigenvalue weighted by atomic mass is 9.75. The molecule has 0 aliphatic carbocycles. The maximum Gasteiger partial charge on any atom is 0.338 e. The number of hydrogen-bond donors (Lipinski definition) is 2. The number of hydrogen-bond acceptors (Lipinski definition) is 6. The molecule has 1 fully saturated rings. The number of carbonyl (C=O) groups excluding carboxylic acids is 3. The van der Waals surface area contributed by atoms with Crippen LogP contribution < -0.4 is 10.6 Å². The van der Waals surface area contributed by atoms with Crippen molar-refractivity contribution in [2.24, 2.45) is 11.3 Å². The van der Waals surface area contributed by atoms with Gasteiger partial charge in [-0.05, 0) is 62.1 Å². The third-order valence-corrected chi connectivity index (χ3v) is 7.01. The number of benzene rings is 1. The molecular weight excluding hydrogens is 448 g/mol. The van der Waals surface area contributed by atoms with E-state index in [-0.39, 0.29) is 29.8 Å². The van der Waals surface area contributed by atoms with E-state index < -0.39 is 5.97 Å². The van der Waals surface area contributed by atoms with Crippen molar-refractivity contribution >= 4 is 17.8 Å². The summed E-state index contributed by atoms with van der Waals surface area (Å²) in [4.78, 5) is 37.4. The molecule has 0 unspecified atom stereocenters. The zero-order chi connectivity index (χ0) is 25.0. The molecule has 2 aromatic rings. The van der Waals surface area contributed by atoms with E-state index in [0.29, 0.717) is 49.5 Å². The average molecular weight is 483 g/mol. The van der Waals surface area contributed by atoms with Gasteiger partial charge in [0.05, 0.1) is 17.9 Å². The Morgan fingerprint density at radius 2 is 2.03 bits per heavy atom. The van der Waals surface area contributed by atoms with Gasteiger partial charge in [0.1, 0.15) is 5.69 Å². The Labute approximate surface area is 205 Å². The van der Waals surface area contributed by atoms with Crippen LogP contribution in [-0.4, -0.2) is 61.0 Å². The normalized spacial score (nSPS) is 17.7. The van der Waals surface area contributed by atoms with Gasteiger partial charge in [0.2, 0.25) is 0 Å². The zero-order valence-corrected chi connectivity index (χ0v) is 20.7. The lowest BCUT2D eigenvalue weighted by Crippen LogP contribution is -2.40. The van der Waals surface area contributed by atoms with E-state index >= 15 is 0 Å². The second-order valence-electron chi connectivity index (χ2n) is 9.63. The Morgan fingerprint density at radius 3 is 2.74 bits per heavy atom. The molecule has 0 bridgehead atoms. The number of amides is 2.